The van der Waals surface area contributed by atoms with Gasteiger partial charge in [-0.25, -0.2) is 0 Å². The number of ether oxygens (including phenoxy) is 1. The number of piperidine rings is 1. The predicted octanol–water partition coefficient (Wildman–Crippen LogP) is 1.90. The molecule has 0 spiro atoms. The summed E-state index contributed by atoms with van der Waals surface area (Å²) < 4.78 is 5.11. The van der Waals surface area contributed by atoms with E-state index in [4.69, 9.17) is 4.74 Å². The van der Waals surface area contributed by atoms with E-state index in [0.29, 0.717) is 11.7 Å². The smallest absolute Gasteiger partial charge is 0.230 e. The quantitative estimate of drug-likeness (QED) is 0.815. The average molecular weight is 294 g/mol. The van der Waals surface area contributed by atoms with Crippen molar-refractivity contribution in [2.24, 2.45) is 5.92 Å². The Morgan fingerprint density at radius 1 is 1.45 bits per heavy atom. The summed E-state index contributed by atoms with van der Waals surface area (Å²) in [5, 5.41) is 6.44. The van der Waals surface area contributed by atoms with Gasteiger partial charge in [0.2, 0.25) is 5.91 Å². The maximum absolute atomic E-state index is 12.0. The molecule has 0 radical (unpaired) electrons. The van der Waals surface area contributed by atoms with Crippen molar-refractivity contribution in [2.75, 3.05) is 26.0 Å². The van der Waals surface area contributed by atoms with Crippen molar-refractivity contribution in [3.8, 4) is 5.75 Å². The van der Waals surface area contributed by atoms with E-state index in [1.54, 1.807) is 18.9 Å². The van der Waals surface area contributed by atoms with Crippen molar-refractivity contribution in [1.82, 2.24) is 10.6 Å². The molecule has 2 atom stereocenters. The van der Waals surface area contributed by atoms with Gasteiger partial charge in [-0.1, -0.05) is 6.92 Å². The van der Waals surface area contributed by atoms with Gasteiger partial charge in [0.05, 0.1) is 12.9 Å². The molecule has 0 aliphatic carbocycles. The highest BCUT2D eigenvalue weighted by Crippen LogP contribution is 2.21. The van der Waals surface area contributed by atoms with Crippen LogP contribution in [0.25, 0.3) is 0 Å². The summed E-state index contributed by atoms with van der Waals surface area (Å²) in [4.78, 5) is 13.0. The minimum atomic E-state index is 0.103. The van der Waals surface area contributed by atoms with E-state index >= 15 is 0 Å². The van der Waals surface area contributed by atoms with Crippen LogP contribution in [0.5, 0.6) is 5.75 Å². The third-order valence-electron chi connectivity index (χ3n) is 3.60. The van der Waals surface area contributed by atoms with Gasteiger partial charge in [-0.3, -0.25) is 4.79 Å². The van der Waals surface area contributed by atoms with E-state index in [2.05, 4.69) is 17.6 Å². The summed E-state index contributed by atoms with van der Waals surface area (Å²) in [7, 11) is 1.65. The molecule has 0 saturated carbocycles. The number of hydrogen-bond acceptors (Lipinski definition) is 4. The number of hydrogen-bond donors (Lipinski definition) is 2. The number of amides is 1. The van der Waals surface area contributed by atoms with Crippen LogP contribution in [-0.2, 0) is 4.79 Å². The van der Waals surface area contributed by atoms with Crippen LogP contribution >= 0.6 is 11.8 Å². The summed E-state index contributed by atoms with van der Waals surface area (Å²) in [6, 6.07) is 8.02. The first-order chi connectivity index (χ1) is 9.69. The molecular formula is C15H22N2O2S. The summed E-state index contributed by atoms with van der Waals surface area (Å²) in [6.45, 7) is 4.12. The number of carbonyl (C=O) groups excluding carboxylic acids is 1. The molecule has 2 rings (SSSR count). The van der Waals surface area contributed by atoms with Gasteiger partial charge < -0.3 is 15.4 Å². The van der Waals surface area contributed by atoms with Crippen LogP contribution in [0, 0.1) is 5.92 Å². The van der Waals surface area contributed by atoms with Crippen molar-refractivity contribution in [3.63, 3.8) is 0 Å². The maximum Gasteiger partial charge on any atom is 0.230 e. The Hall–Kier alpha value is -1.20. The second-order valence-electron chi connectivity index (χ2n) is 5.11. The minimum Gasteiger partial charge on any atom is -0.497 e. The Morgan fingerprint density at radius 3 is 2.85 bits per heavy atom. The maximum atomic E-state index is 12.0. The fourth-order valence-electron chi connectivity index (χ4n) is 2.25. The van der Waals surface area contributed by atoms with Gasteiger partial charge in [-0.05, 0) is 43.1 Å². The lowest BCUT2D eigenvalue weighted by Crippen LogP contribution is -2.50. The standard InChI is InChI=1S/C15H22N2O2S/c1-11-7-8-16-9-14(11)17-15(18)10-20-13-5-3-12(19-2)4-6-13/h3-6,11,14,16H,7-10H2,1-2H3,(H,17,18). The number of nitrogens with one attached hydrogen (secondary N) is 2. The van der Waals surface area contributed by atoms with Gasteiger partial charge in [0, 0.05) is 17.5 Å². The van der Waals surface area contributed by atoms with Gasteiger partial charge in [-0.2, -0.15) is 0 Å². The SMILES string of the molecule is COc1ccc(SCC(=O)NC2CNCCC2C)cc1. The van der Waals surface area contributed by atoms with Crippen LogP contribution in [0.3, 0.4) is 0 Å². The topological polar surface area (TPSA) is 50.4 Å². The van der Waals surface area contributed by atoms with Crippen LogP contribution in [0.2, 0.25) is 0 Å². The molecule has 5 heteroatoms. The lowest BCUT2D eigenvalue weighted by Gasteiger charge is -2.30. The molecule has 1 heterocycles. The zero-order valence-corrected chi connectivity index (χ0v) is 12.8. The van der Waals surface area contributed by atoms with Crippen LogP contribution < -0.4 is 15.4 Å². The van der Waals surface area contributed by atoms with E-state index in [1.807, 2.05) is 24.3 Å². The van der Waals surface area contributed by atoms with E-state index in [1.165, 1.54) is 0 Å². The van der Waals surface area contributed by atoms with Crippen molar-refractivity contribution < 1.29 is 9.53 Å². The predicted molar refractivity (Wildman–Crippen MR) is 82.3 cm³/mol. The van der Waals surface area contributed by atoms with Crippen molar-refractivity contribution >= 4 is 17.7 Å². The van der Waals surface area contributed by atoms with Crippen LogP contribution in [0.1, 0.15) is 13.3 Å². The lowest BCUT2D eigenvalue weighted by molar-refractivity contribution is -0.119. The third-order valence-corrected chi connectivity index (χ3v) is 4.62. The van der Waals surface area contributed by atoms with Gasteiger partial charge in [0.25, 0.3) is 0 Å². The number of benzene rings is 1. The van der Waals surface area contributed by atoms with Gasteiger partial charge in [0.15, 0.2) is 0 Å². The zero-order chi connectivity index (χ0) is 14.4. The van der Waals surface area contributed by atoms with Gasteiger partial charge in [0.1, 0.15) is 5.75 Å². The molecule has 2 unspecified atom stereocenters. The van der Waals surface area contributed by atoms with Crippen molar-refractivity contribution in [2.45, 2.75) is 24.3 Å². The summed E-state index contributed by atoms with van der Waals surface area (Å²) in [5.74, 6) is 1.94. The normalized spacial score (nSPS) is 22.3. The second-order valence-corrected chi connectivity index (χ2v) is 6.16. The molecule has 1 aromatic carbocycles. The molecule has 4 nitrogen and oxygen atoms in total. The molecule has 20 heavy (non-hydrogen) atoms. The molecule has 2 N–H and O–H groups in total. The fourth-order valence-corrected chi connectivity index (χ4v) is 2.96. The second kappa shape index (κ2) is 7.55. The first kappa shape index (κ1) is 15.2. The summed E-state index contributed by atoms with van der Waals surface area (Å²) >= 11 is 1.55. The van der Waals surface area contributed by atoms with Crippen LogP contribution in [0.15, 0.2) is 29.2 Å². The molecule has 0 bridgehead atoms. The third kappa shape index (κ3) is 4.42. The molecule has 1 fully saturated rings. The highest BCUT2D eigenvalue weighted by Gasteiger charge is 2.22. The van der Waals surface area contributed by atoms with E-state index in [-0.39, 0.29) is 11.9 Å². The van der Waals surface area contributed by atoms with E-state index in [0.717, 1.165) is 30.2 Å². The van der Waals surface area contributed by atoms with Gasteiger partial charge >= 0.3 is 0 Å². The lowest BCUT2D eigenvalue weighted by atomic mass is 9.95. The first-order valence-electron chi connectivity index (χ1n) is 6.96. The Labute approximate surface area is 124 Å². The monoisotopic (exact) mass is 294 g/mol. The summed E-state index contributed by atoms with van der Waals surface area (Å²) in [5.41, 5.74) is 0. The highest BCUT2D eigenvalue weighted by atomic mass is 32.2. The van der Waals surface area contributed by atoms with Crippen LogP contribution in [0.4, 0.5) is 0 Å². The Morgan fingerprint density at radius 2 is 2.20 bits per heavy atom. The molecule has 1 aromatic rings. The Kier molecular flexibility index (Phi) is 5.73. The molecule has 1 saturated heterocycles. The minimum absolute atomic E-state index is 0.103. The molecular weight excluding hydrogens is 272 g/mol. The number of methoxy groups -OCH3 is 1. The number of thioether (sulfide) groups is 1. The van der Waals surface area contributed by atoms with Crippen LogP contribution in [-0.4, -0.2) is 37.9 Å². The number of carbonyl (C=O) groups is 1. The van der Waals surface area contributed by atoms with E-state index < -0.39 is 0 Å². The molecule has 0 aromatic heterocycles. The fraction of sp³-hybridized carbons (Fsp3) is 0.533. The highest BCUT2D eigenvalue weighted by molar-refractivity contribution is 8.00. The first-order valence-corrected chi connectivity index (χ1v) is 7.94. The molecule has 1 aliphatic heterocycles. The Bertz CT molecular complexity index is 436. The largest absolute Gasteiger partial charge is 0.497 e. The average Bonchev–Trinajstić information content (AvgIpc) is 2.48. The number of rotatable bonds is 5. The zero-order valence-electron chi connectivity index (χ0n) is 12.0. The Balaban J connectivity index is 1.76. The molecule has 1 amide bonds. The van der Waals surface area contributed by atoms with Crippen molar-refractivity contribution in [3.05, 3.63) is 24.3 Å². The van der Waals surface area contributed by atoms with E-state index in [9.17, 15) is 4.79 Å². The molecule has 110 valence electrons. The summed E-state index contributed by atoms with van der Waals surface area (Å²) in [6.07, 6.45) is 1.12. The van der Waals surface area contributed by atoms with Gasteiger partial charge in [-0.15, -0.1) is 11.8 Å². The van der Waals surface area contributed by atoms with Crippen molar-refractivity contribution in [1.29, 1.82) is 0 Å². The molecule has 1 aliphatic rings.